The average Bonchev–Trinajstić information content (AvgIpc) is 3.97. The van der Waals surface area contributed by atoms with Crippen molar-refractivity contribution >= 4 is 93.1 Å². The van der Waals surface area contributed by atoms with E-state index < -0.39 is 0 Å². The first-order chi connectivity index (χ1) is 34.2. The molecule has 0 radical (unpaired) electrons. The highest BCUT2D eigenvalue weighted by Gasteiger charge is 2.20. The van der Waals surface area contributed by atoms with E-state index in [0.29, 0.717) is 0 Å². The van der Waals surface area contributed by atoms with Crippen molar-refractivity contribution in [3.05, 3.63) is 255 Å². The zero-order valence-corrected chi connectivity index (χ0v) is 37.6. The minimum atomic E-state index is 0.884. The summed E-state index contributed by atoms with van der Waals surface area (Å²) in [5.74, 6) is 0. The number of para-hydroxylation sites is 3. The number of rotatable bonds is 7. The summed E-state index contributed by atoms with van der Waals surface area (Å²) in [6.45, 7) is 0. The fourth-order valence-corrected chi connectivity index (χ4v) is 10.9. The highest BCUT2D eigenvalue weighted by atomic mass is 16.3. The second-order valence-corrected chi connectivity index (χ2v) is 18.0. The lowest BCUT2D eigenvalue weighted by Crippen LogP contribution is -2.11. The Bertz CT molecular complexity index is 4260. The van der Waals surface area contributed by atoms with E-state index in [1.807, 2.05) is 0 Å². The Hall–Kier alpha value is -9.18. The van der Waals surface area contributed by atoms with Gasteiger partial charge in [-0.1, -0.05) is 182 Å². The molecule has 0 saturated heterocycles. The molecule has 2 aromatic heterocycles. The van der Waals surface area contributed by atoms with Crippen LogP contribution in [0.15, 0.2) is 259 Å². The van der Waals surface area contributed by atoms with Crippen molar-refractivity contribution in [3.8, 4) is 39.1 Å². The van der Waals surface area contributed by atoms with Gasteiger partial charge in [0.05, 0.1) is 16.7 Å². The number of hydrogen-bond donors (Lipinski definition) is 0. The van der Waals surface area contributed by atoms with Crippen LogP contribution in [0.4, 0.5) is 17.1 Å². The molecule has 0 amide bonds. The van der Waals surface area contributed by atoms with E-state index in [2.05, 4.69) is 264 Å². The third-order valence-electron chi connectivity index (χ3n) is 14.2. The van der Waals surface area contributed by atoms with Crippen LogP contribution < -0.4 is 4.90 Å². The molecule has 0 aliphatic heterocycles. The summed E-state index contributed by atoms with van der Waals surface area (Å²) in [6.07, 6.45) is 0. The van der Waals surface area contributed by atoms with Crippen molar-refractivity contribution in [2.45, 2.75) is 0 Å². The van der Waals surface area contributed by atoms with Gasteiger partial charge in [0, 0.05) is 49.6 Å². The molecular weight excluding hydrogens is 837 g/mol. The number of hydrogen-bond acceptors (Lipinski definition) is 2. The predicted molar refractivity (Wildman–Crippen MR) is 292 cm³/mol. The lowest BCUT2D eigenvalue weighted by atomic mass is 9.94. The van der Waals surface area contributed by atoms with E-state index in [-0.39, 0.29) is 0 Å². The summed E-state index contributed by atoms with van der Waals surface area (Å²) >= 11 is 0. The molecule has 0 N–H and O–H groups in total. The summed E-state index contributed by atoms with van der Waals surface area (Å²) in [7, 11) is 0. The van der Waals surface area contributed by atoms with Crippen LogP contribution in [0, 0.1) is 0 Å². The minimum absolute atomic E-state index is 0.884. The molecule has 0 fully saturated rings. The van der Waals surface area contributed by atoms with Crippen LogP contribution in [-0.4, -0.2) is 4.57 Å². The molecule has 0 unspecified atom stereocenters. The van der Waals surface area contributed by atoms with E-state index in [9.17, 15) is 0 Å². The van der Waals surface area contributed by atoms with Gasteiger partial charge in [0.1, 0.15) is 11.2 Å². The topological polar surface area (TPSA) is 21.3 Å². The SMILES string of the molecule is c1cc(-c2ccc(N(c3ccc(-c4cccc5c4ccc4ccccc45)cc3)c3ccccc3-c3ccc4oc5c6ccccc6ccc5c4c3)cc2)cc(-n2c3ccccc3c3ccccc32)c1. The molecule has 69 heavy (non-hydrogen) atoms. The van der Waals surface area contributed by atoms with Crippen LogP contribution in [0.25, 0.3) is 115 Å². The van der Waals surface area contributed by atoms with Gasteiger partial charge in [-0.25, -0.2) is 0 Å². The zero-order chi connectivity index (χ0) is 45.4. The second kappa shape index (κ2) is 15.7. The van der Waals surface area contributed by atoms with E-state index in [0.717, 1.165) is 72.3 Å². The van der Waals surface area contributed by atoms with Gasteiger partial charge in [-0.2, -0.15) is 0 Å². The van der Waals surface area contributed by atoms with Crippen LogP contribution in [0.1, 0.15) is 0 Å². The second-order valence-electron chi connectivity index (χ2n) is 18.0. The molecular formula is C66H42N2O. The predicted octanol–water partition coefficient (Wildman–Crippen LogP) is 18.6. The molecule has 0 saturated carbocycles. The first-order valence-electron chi connectivity index (χ1n) is 23.7. The lowest BCUT2D eigenvalue weighted by Gasteiger charge is -2.28. The molecule has 14 rings (SSSR count). The van der Waals surface area contributed by atoms with E-state index >= 15 is 0 Å². The van der Waals surface area contributed by atoms with Gasteiger partial charge < -0.3 is 13.9 Å². The number of benzene rings is 12. The van der Waals surface area contributed by atoms with Gasteiger partial charge in [-0.15, -0.1) is 0 Å². The standard InChI is InChI=1S/C66H42N2O/c1-3-17-52-44(13-1)31-38-57-53(22-12-23-56(52)57)46-29-36-50(37-30-46)67(62-24-8-5-18-54(62)48-33-40-65-61(42-48)60-39-32-45-14-2-4-19-55(45)66(60)69-65)49-34-27-43(28-35-49)47-15-11-16-51(41-47)68-63-25-9-6-20-58(63)59-21-7-10-26-64(59)68/h1-42H. The number of fused-ring (bicyclic) bond motifs is 11. The number of aromatic nitrogens is 1. The van der Waals surface area contributed by atoms with Gasteiger partial charge in [-0.05, 0) is 128 Å². The van der Waals surface area contributed by atoms with E-state index in [4.69, 9.17) is 4.42 Å². The Morgan fingerprint density at radius 1 is 0.304 bits per heavy atom. The van der Waals surface area contributed by atoms with Crippen LogP contribution >= 0.6 is 0 Å². The van der Waals surface area contributed by atoms with E-state index in [1.54, 1.807) is 0 Å². The maximum Gasteiger partial charge on any atom is 0.143 e. The minimum Gasteiger partial charge on any atom is -0.455 e. The summed E-state index contributed by atoms with van der Waals surface area (Å²) < 4.78 is 8.96. The fourth-order valence-electron chi connectivity index (χ4n) is 10.9. The zero-order valence-electron chi connectivity index (χ0n) is 37.6. The van der Waals surface area contributed by atoms with Gasteiger partial charge in [-0.3, -0.25) is 0 Å². The molecule has 0 aliphatic rings. The summed E-state index contributed by atoms with van der Waals surface area (Å²) in [4.78, 5) is 2.40. The Morgan fingerprint density at radius 3 is 1.62 bits per heavy atom. The molecule has 0 aliphatic carbocycles. The van der Waals surface area contributed by atoms with Crippen LogP contribution in [-0.2, 0) is 0 Å². The molecule has 14 aromatic rings. The van der Waals surface area contributed by atoms with Gasteiger partial charge in [0.25, 0.3) is 0 Å². The summed E-state index contributed by atoms with van der Waals surface area (Å²) in [5.41, 5.74) is 15.5. The molecule has 3 heteroatoms. The quantitative estimate of drug-likeness (QED) is 0.149. The van der Waals surface area contributed by atoms with Crippen LogP contribution in [0.2, 0.25) is 0 Å². The Labute approximate surface area is 399 Å². The van der Waals surface area contributed by atoms with Crippen molar-refractivity contribution in [1.82, 2.24) is 4.57 Å². The first-order valence-corrected chi connectivity index (χ1v) is 23.7. The Kier molecular flexibility index (Phi) is 8.90. The monoisotopic (exact) mass is 878 g/mol. The van der Waals surface area contributed by atoms with Crippen molar-refractivity contribution in [2.24, 2.45) is 0 Å². The third-order valence-corrected chi connectivity index (χ3v) is 14.2. The average molecular weight is 879 g/mol. The highest BCUT2D eigenvalue weighted by molar-refractivity contribution is 6.16. The third kappa shape index (κ3) is 6.36. The molecule has 322 valence electrons. The fraction of sp³-hybridized carbons (Fsp3) is 0. The molecule has 0 spiro atoms. The van der Waals surface area contributed by atoms with Crippen LogP contribution in [0.5, 0.6) is 0 Å². The highest BCUT2D eigenvalue weighted by Crippen LogP contribution is 2.45. The van der Waals surface area contributed by atoms with Gasteiger partial charge >= 0.3 is 0 Å². The molecule has 0 bridgehead atoms. The molecule has 3 nitrogen and oxygen atoms in total. The number of nitrogens with zero attached hydrogens (tertiary/aromatic N) is 2. The number of anilines is 3. The van der Waals surface area contributed by atoms with Crippen molar-refractivity contribution in [1.29, 1.82) is 0 Å². The van der Waals surface area contributed by atoms with Crippen molar-refractivity contribution in [3.63, 3.8) is 0 Å². The maximum atomic E-state index is 6.57. The Balaban J connectivity index is 0.895. The number of furan rings is 1. The molecule has 2 heterocycles. The molecule has 12 aromatic carbocycles. The Morgan fingerprint density at radius 2 is 0.870 bits per heavy atom. The normalized spacial score (nSPS) is 11.8. The van der Waals surface area contributed by atoms with Crippen molar-refractivity contribution < 1.29 is 4.42 Å². The maximum absolute atomic E-state index is 6.57. The van der Waals surface area contributed by atoms with Gasteiger partial charge in [0.15, 0.2) is 0 Å². The van der Waals surface area contributed by atoms with Gasteiger partial charge in [0.2, 0.25) is 0 Å². The lowest BCUT2D eigenvalue weighted by molar-refractivity contribution is 0.672. The summed E-state index contributed by atoms with van der Waals surface area (Å²) in [5, 5.41) is 12.1. The smallest absolute Gasteiger partial charge is 0.143 e. The van der Waals surface area contributed by atoms with Crippen LogP contribution in [0.3, 0.4) is 0 Å². The summed E-state index contributed by atoms with van der Waals surface area (Å²) in [6, 6.07) is 92.5. The first kappa shape index (κ1) is 39.0. The van der Waals surface area contributed by atoms with E-state index in [1.165, 1.54) is 59.9 Å². The largest absolute Gasteiger partial charge is 0.455 e. The van der Waals surface area contributed by atoms with Crippen molar-refractivity contribution in [2.75, 3.05) is 4.90 Å². The molecule has 0 atom stereocenters.